The number of amidine groups is 1. The maximum absolute atomic E-state index is 14.0. The Morgan fingerprint density at radius 2 is 2.15 bits per heavy atom. The number of hydrogen-bond acceptors (Lipinski definition) is 8. The van der Waals surface area contributed by atoms with Crippen molar-refractivity contribution in [2.45, 2.75) is 13.3 Å². The summed E-state index contributed by atoms with van der Waals surface area (Å²) in [5.41, 5.74) is 5.48. The van der Waals surface area contributed by atoms with Crippen LogP contribution in [0.3, 0.4) is 0 Å². The number of rotatable bonds is 8. The number of nitrogen functional groups attached to an aromatic ring is 1. The molecule has 0 fully saturated rings. The maximum atomic E-state index is 14.0. The number of methoxy groups -OCH3 is 1. The van der Waals surface area contributed by atoms with Gasteiger partial charge in [-0.1, -0.05) is 11.3 Å². The fourth-order valence-corrected chi connectivity index (χ4v) is 3.01. The molecule has 2 rings (SSSR count). The molecule has 2 aromatic rings. The van der Waals surface area contributed by atoms with Crippen LogP contribution in [-0.4, -0.2) is 43.0 Å². The van der Waals surface area contributed by atoms with Crippen molar-refractivity contribution in [3.8, 4) is 5.75 Å². The highest BCUT2D eigenvalue weighted by Crippen LogP contribution is 2.25. The van der Waals surface area contributed by atoms with Gasteiger partial charge in [0.2, 0.25) is 0 Å². The number of aromatic nitrogens is 1. The monoisotopic (exact) mass is 394 g/mol. The molecule has 144 valence electrons. The van der Waals surface area contributed by atoms with E-state index in [-0.39, 0.29) is 34.4 Å². The second kappa shape index (κ2) is 9.08. The number of nitrogens with two attached hydrogens (primary N) is 1. The Morgan fingerprint density at radius 3 is 2.74 bits per heavy atom. The predicted molar refractivity (Wildman–Crippen MR) is 99.0 cm³/mol. The summed E-state index contributed by atoms with van der Waals surface area (Å²) in [7, 11) is 1.32. The van der Waals surface area contributed by atoms with Gasteiger partial charge in [-0.05, 0) is 25.1 Å². The summed E-state index contributed by atoms with van der Waals surface area (Å²) in [6, 6.07) is 3.65. The summed E-state index contributed by atoms with van der Waals surface area (Å²) in [4.78, 5) is 29.7. The molecule has 1 heterocycles. The normalized spacial score (nSPS) is 10.3. The van der Waals surface area contributed by atoms with Crippen LogP contribution in [0.5, 0.6) is 5.75 Å². The third kappa shape index (κ3) is 5.23. The quantitative estimate of drug-likeness (QED) is 0.305. The fourth-order valence-electron chi connectivity index (χ4n) is 2.12. The van der Waals surface area contributed by atoms with Gasteiger partial charge < -0.3 is 20.1 Å². The van der Waals surface area contributed by atoms with Gasteiger partial charge in [0.15, 0.2) is 16.7 Å². The van der Waals surface area contributed by atoms with Crippen molar-refractivity contribution < 1.29 is 23.5 Å². The van der Waals surface area contributed by atoms with Crippen LogP contribution in [0.15, 0.2) is 24.4 Å². The van der Waals surface area contributed by atoms with Crippen molar-refractivity contribution in [2.24, 2.45) is 5.73 Å². The highest BCUT2D eigenvalue weighted by Gasteiger charge is 2.18. The number of carbonyl (C=O) groups is 2. The first kappa shape index (κ1) is 20.3. The molecule has 0 radical (unpaired) electrons. The van der Waals surface area contributed by atoms with Crippen molar-refractivity contribution in [1.29, 1.82) is 5.41 Å². The van der Waals surface area contributed by atoms with E-state index < -0.39 is 11.8 Å². The lowest BCUT2D eigenvalue weighted by Crippen LogP contribution is -2.25. The summed E-state index contributed by atoms with van der Waals surface area (Å²) in [5, 5.41) is 7.82. The second-order valence-corrected chi connectivity index (χ2v) is 6.37. The van der Waals surface area contributed by atoms with E-state index in [1.165, 1.54) is 25.4 Å². The van der Waals surface area contributed by atoms with Crippen molar-refractivity contribution in [1.82, 2.24) is 4.98 Å². The van der Waals surface area contributed by atoms with Crippen LogP contribution < -0.4 is 15.4 Å². The van der Waals surface area contributed by atoms with Gasteiger partial charge in [-0.2, -0.15) is 0 Å². The standard InChI is InChI=1S/C17H19FN4O4S/c1-3-22(7-6-14(23)25-2)17-21-9-13(27-17)16(24)26-12-5-4-10(15(19)20)8-11(12)18/h4-5,8-9H,3,6-7H2,1-2H3,(H3,19,20). The van der Waals surface area contributed by atoms with E-state index in [0.717, 1.165) is 17.4 Å². The molecule has 0 aliphatic rings. The fraction of sp³-hybridized carbons (Fsp3) is 0.294. The molecule has 0 aliphatic carbocycles. The molecule has 27 heavy (non-hydrogen) atoms. The predicted octanol–water partition coefficient (Wildman–Crippen LogP) is 2.17. The highest BCUT2D eigenvalue weighted by molar-refractivity contribution is 7.17. The van der Waals surface area contributed by atoms with Gasteiger partial charge in [0.05, 0.1) is 19.7 Å². The number of nitrogens with one attached hydrogen (secondary N) is 1. The zero-order valence-electron chi connectivity index (χ0n) is 14.8. The van der Waals surface area contributed by atoms with Crippen molar-refractivity contribution in [3.05, 3.63) is 40.7 Å². The number of hydrogen-bond donors (Lipinski definition) is 2. The molecule has 0 bridgehead atoms. The Bertz CT molecular complexity index is 855. The third-order valence-electron chi connectivity index (χ3n) is 3.61. The van der Waals surface area contributed by atoms with E-state index in [0.29, 0.717) is 18.2 Å². The molecule has 1 aromatic heterocycles. The summed E-state index contributed by atoms with van der Waals surface area (Å²) >= 11 is 1.08. The van der Waals surface area contributed by atoms with E-state index in [9.17, 15) is 14.0 Å². The lowest BCUT2D eigenvalue weighted by atomic mass is 10.2. The van der Waals surface area contributed by atoms with Gasteiger partial charge in [-0.3, -0.25) is 10.2 Å². The van der Waals surface area contributed by atoms with Gasteiger partial charge >= 0.3 is 11.9 Å². The Kier molecular flexibility index (Phi) is 6.83. The number of nitrogens with zero attached hydrogens (tertiary/aromatic N) is 2. The van der Waals surface area contributed by atoms with Crippen LogP contribution in [0.25, 0.3) is 0 Å². The Balaban J connectivity index is 2.07. The summed E-state index contributed by atoms with van der Waals surface area (Å²) in [6.45, 7) is 2.87. The molecule has 10 heteroatoms. The Labute approximate surface area is 159 Å². The molecule has 0 saturated heterocycles. The molecule has 0 saturated carbocycles. The molecule has 0 aliphatic heterocycles. The summed E-state index contributed by atoms with van der Waals surface area (Å²) in [6.07, 6.45) is 1.53. The van der Waals surface area contributed by atoms with Crippen LogP contribution in [0.2, 0.25) is 0 Å². The summed E-state index contributed by atoms with van der Waals surface area (Å²) < 4.78 is 23.7. The van der Waals surface area contributed by atoms with E-state index in [1.54, 1.807) is 0 Å². The Hall–Kier alpha value is -3.01. The van der Waals surface area contributed by atoms with Crippen molar-refractivity contribution in [2.75, 3.05) is 25.1 Å². The minimum Gasteiger partial charge on any atom is -0.469 e. The third-order valence-corrected chi connectivity index (χ3v) is 4.64. The number of esters is 2. The van der Waals surface area contributed by atoms with Gasteiger partial charge in [0.1, 0.15) is 10.7 Å². The first-order valence-corrected chi connectivity index (χ1v) is 8.81. The van der Waals surface area contributed by atoms with Gasteiger partial charge in [-0.15, -0.1) is 0 Å². The first-order chi connectivity index (χ1) is 12.8. The largest absolute Gasteiger partial charge is 0.469 e. The maximum Gasteiger partial charge on any atom is 0.355 e. The molecular weight excluding hydrogens is 375 g/mol. The van der Waals surface area contributed by atoms with E-state index in [2.05, 4.69) is 9.72 Å². The number of ether oxygens (including phenoxy) is 2. The molecule has 8 nitrogen and oxygen atoms in total. The lowest BCUT2D eigenvalue weighted by molar-refractivity contribution is -0.140. The SMILES string of the molecule is CCN(CCC(=O)OC)c1ncc(C(=O)Oc2ccc(C(=N)N)cc2F)s1. The molecule has 0 amide bonds. The van der Waals surface area contributed by atoms with Crippen LogP contribution in [0, 0.1) is 11.2 Å². The molecule has 0 atom stereocenters. The number of thiazole rings is 1. The number of anilines is 1. The average molecular weight is 394 g/mol. The zero-order chi connectivity index (χ0) is 20.0. The van der Waals surface area contributed by atoms with Crippen LogP contribution in [0.4, 0.5) is 9.52 Å². The minimum absolute atomic E-state index is 0.191. The van der Waals surface area contributed by atoms with E-state index in [1.807, 2.05) is 11.8 Å². The van der Waals surface area contributed by atoms with Crippen molar-refractivity contribution in [3.63, 3.8) is 0 Å². The molecule has 1 aromatic carbocycles. The van der Waals surface area contributed by atoms with Gasteiger partial charge in [0, 0.05) is 18.7 Å². The first-order valence-electron chi connectivity index (χ1n) is 7.99. The molecule has 0 spiro atoms. The van der Waals surface area contributed by atoms with Gasteiger partial charge in [-0.25, -0.2) is 14.2 Å². The van der Waals surface area contributed by atoms with Crippen LogP contribution in [-0.2, 0) is 9.53 Å². The van der Waals surface area contributed by atoms with Crippen LogP contribution in [0.1, 0.15) is 28.6 Å². The second-order valence-electron chi connectivity index (χ2n) is 5.36. The molecular formula is C17H19FN4O4S. The number of benzene rings is 1. The van der Waals surface area contributed by atoms with E-state index >= 15 is 0 Å². The highest BCUT2D eigenvalue weighted by atomic mass is 32.1. The summed E-state index contributed by atoms with van der Waals surface area (Å²) in [5.74, 6) is -2.44. The minimum atomic E-state index is -0.797. The molecule has 3 N–H and O–H groups in total. The molecule has 0 unspecified atom stereocenters. The topological polar surface area (TPSA) is 119 Å². The van der Waals surface area contributed by atoms with Crippen molar-refractivity contribution >= 4 is 34.2 Å². The number of carbonyl (C=O) groups excluding carboxylic acids is 2. The van der Waals surface area contributed by atoms with E-state index in [4.69, 9.17) is 15.9 Å². The Morgan fingerprint density at radius 1 is 1.41 bits per heavy atom. The van der Waals surface area contributed by atoms with Gasteiger partial charge in [0.25, 0.3) is 0 Å². The number of halogens is 1. The smallest absolute Gasteiger partial charge is 0.355 e. The van der Waals surface area contributed by atoms with Crippen LogP contribution >= 0.6 is 11.3 Å². The zero-order valence-corrected chi connectivity index (χ0v) is 15.6. The average Bonchev–Trinajstić information content (AvgIpc) is 3.13. The lowest BCUT2D eigenvalue weighted by Gasteiger charge is -2.18.